The number of anilines is 1. The molecule has 2 amide bonds. The number of rotatable bonds is 3. The zero-order chi connectivity index (χ0) is 23.1. The van der Waals surface area contributed by atoms with Crippen LogP contribution in [0.1, 0.15) is 36.3 Å². The number of nitrogens with one attached hydrogen (secondary N) is 2. The molecule has 0 aromatic heterocycles. The molecule has 172 valence electrons. The highest BCUT2D eigenvalue weighted by atomic mass is 79.9. The molecule has 6 rings (SSSR count). The lowest BCUT2D eigenvalue weighted by molar-refractivity contribution is -0.128. The van der Waals surface area contributed by atoms with Crippen molar-refractivity contribution in [1.29, 1.82) is 0 Å². The van der Waals surface area contributed by atoms with Crippen LogP contribution in [0, 0.1) is 17.7 Å². The standard InChI is InChI=1S/C24H21BrCl2FN3O2/c25-12-7-14(21(28)16(27)8-12)20-19-18(5-6-29-22(19)32)31(10-11-1-2-11)24(20)15-4-3-13(26)9-17(15)30-23(24)33/h3-4,7-9,11,18-20H,1-2,5-6,10H2,(H,29,32)(H,30,33)/t18-,19+,20-,24+/m0/s1. The highest BCUT2D eigenvalue weighted by Gasteiger charge is 2.69. The summed E-state index contributed by atoms with van der Waals surface area (Å²) in [7, 11) is 0. The van der Waals surface area contributed by atoms with Crippen molar-refractivity contribution >= 4 is 56.6 Å². The smallest absolute Gasteiger partial charge is 0.250 e. The molecule has 2 aromatic carbocycles. The maximum Gasteiger partial charge on any atom is 0.250 e. The topological polar surface area (TPSA) is 61.4 Å². The van der Waals surface area contributed by atoms with Gasteiger partial charge in [-0.1, -0.05) is 45.2 Å². The molecule has 0 radical (unpaired) electrons. The first kappa shape index (κ1) is 21.8. The summed E-state index contributed by atoms with van der Waals surface area (Å²) in [6, 6.07) is 8.28. The van der Waals surface area contributed by atoms with E-state index in [2.05, 4.69) is 31.5 Å². The van der Waals surface area contributed by atoms with Crippen molar-refractivity contribution < 1.29 is 14.0 Å². The Morgan fingerprint density at radius 1 is 1.15 bits per heavy atom. The lowest BCUT2D eigenvalue weighted by Gasteiger charge is -2.40. The minimum Gasteiger partial charge on any atom is -0.356 e. The van der Waals surface area contributed by atoms with E-state index < -0.39 is 23.2 Å². The van der Waals surface area contributed by atoms with Crippen molar-refractivity contribution in [2.24, 2.45) is 11.8 Å². The maximum atomic E-state index is 15.7. The molecule has 0 bridgehead atoms. The van der Waals surface area contributed by atoms with E-state index in [0.717, 1.165) is 18.4 Å². The summed E-state index contributed by atoms with van der Waals surface area (Å²) >= 11 is 15.9. The second kappa shape index (κ2) is 7.67. The molecule has 1 saturated carbocycles. The van der Waals surface area contributed by atoms with Gasteiger partial charge in [0.2, 0.25) is 11.8 Å². The summed E-state index contributed by atoms with van der Waals surface area (Å²) in [6.07, 6.45) is 2.88. The van der Waals surface area contributed by atoms with Gasteiger partial charge in [0, 0.05) is 45.8 Å². The molecule has 9 heteroatoms. The van der Waals surface area contributed by atoms with E-state index >= 15 is 4.39 Å². The molecular formula is C24H21BrCl2FN3O2. The Kier molecular flexibility index (Phi) is 5.07. The van der Waals surface area contributed by atoms with Crippen LogP contribution in [-0.2, 0) is 15.1 Å². The Hall–Kier alpha value is -1.67. The third kappa shape index (κ3) is 3.12. The molecule has 1 aliphatic carbocycles. The summed E-state index contributed by atoms with van der Waals surface area (Å²) in [5.41, 5.74) is 0.390. The molecule has 2 aromatic rings. The minimum absolute atomic E-state index is 0.0438. The number of hydrogen-bond donors (Lipinski definition) is 2. The van der Waals surface area contributed by atoms with Crippen LogP contribution in [0.25, 0.3) is 0 Å². The van der Waals surface area contributed by atoms with Crippen LogP contribution in [0.3, 0.4) is 0 Å². The number of benzene rings is 2. The molecule has 4 atom stereocenters. The maximum absolute atomic E-state index is 15.7. The Labute approximate surface area is 209 Å². The fourth-order valence-corrected chi connectivity index (χ4v) is 7.21. The molecule has 0 unspecified atom stereocenters. The van der Waals surface area contributed by atoms with Crippen molar-refractivity contribution in [2.75, 3.05) is 18.4 Å². The molecule has 2 saturated heterocycles. The first-order valence-electron chi connectivity index (χ1n) is 11.1. The number of halogens is 4. The van der Waals surface area contributed by atoms with E-state index in [4.69, 9.17) is 23.2 Å². The molecule has 33 heavy (non-hydrogen) atoms. The van der Waals surface area contributed by atoms with Crippen molar-refractivity contribution in [2.45, 2.75) is 36.8 Å². The van der Waals surface area contributed by atoms with Gasteiger partial charge in [-0.05, 0) is 55.0 Å². The van der Waals surface area contributed by atoms with Crippen molar-refractivity contribution in [3.05, 3.63) is 61.8 Å². The quantitative estimate of drug-likeness (QED) is 0.523. The zero-order valence-electron chi connectivity index (χ0n) is 17.5. The summed E-state index contributed by atoms with van der Waals surface area (Å²) < 4.78 is 16.3. The predicted molar refractivity (Wildman–Crippen MR) is 128 cm³/mol. The predicted octanol–water partition coefficient (Wildman–Crippen LogP) is 5.06. The van der Waals surface area contributed by atoms with E-state index in [9.17, 15) is 9.59 Å². The average Bonchev–Trinajstić information content (AvgIpc) is 3.48. The lowest BCUT2D eigenvalue weighted by Crippen LogP contribution is -2.53. The van der Waals surface area contributed by atoms with Crippen LogP contribution in [0.5, 0.6) is 0 Å². The monoisotopic (exact) mass is 551 g/mol. The van der Waals surface area contributed by atoms with Gasteiger partial charge < -0.3 is 10.6 Å². The number of carbonyl (C=O) groups excluding carboxylic acids is 2. The number of hydrogen-bond acceptors (Lipinski definition) is 3. The van der Waals surface area contributed by atoms with Crippen molar-refractivity contribution in [3.63, 3.8) is 0 Å². The SMILES string of the molecule is O=C1NCC[C@H]2[C@@H]1[C@H](c1cc(Br)cc(Cl)c1F)[C@]1(C(=O)Nc3cc(Cl)ccc31)N2CC1CC1. The highest BCUT2D eigenvalue weighted by molar-refractivity contribution is 9.10. The number of fused-ring (bicyclic) bond motifs is 3. The number of carbonyl (C=O) groups is 2. The van der Waals surface area contributed by atoms with Crippen molar-refractivity contribution in [1.82, 2.24) is 10.2 Å². The molecule has 3 aliphatic heterocycles. The molecule has 3 heterocycles. The third-order valence-electron chi connectivity index (χ3n) is 7.61. The van der Waals surface area contributed by atoms with E-state index in [1.807, 2.05) is 6.07 Å². The molecule has 3 fully saturated rings. The summed E-state index contributed by atoms with van der Waals surface area (Å²) in [4.78, 5) is 29.5. The largest absolute Gasteiger partial charge is 0.356 e. The Morgan fingerprint density at radius 3 is 2.70 bits per heavy atom. The number of amides is 2. The molecular weight excluding hydrogens is 532 g/mol. The van der Waals surface area contributed by atoms with Crippen LogP contribution >= 0.6 is 39.1 Å². The summed E-state index contributed by atoms with van der Waals surface area (Å²) in [5, 5.41) is 6.42. The zero-order valence-corrected chi connectivity index (χ0v) is 20.6. The van der Waals surface area contributed by atoms with Gasteiger partial charge in [-0.25, -0.2) is 4.39 Å². The van der Waals surface area contributed by atoms with Crippen LogP contribution < -0.4 is 10.6 Å². The highest BCUT2D eigenvalue weighted by Crippen LogP contribution is 2.61. The number of piperidine rings is 1. The lowest BCUT2D eigenvalue weighted by atomic mass is 9.70. The normalized spacial score (nSPS) is 30.8. The minimum atomic E-state index is -1.23. The van der Waals surface area contributed by atoms with Crippen LogP contribution in [-0.4, -0.2) is 35.8 Å². The first-order chi connectivity index (χ1) is 15.8. The summed E-state index contributed by atoms with van der Waals surface area (Å²) in [6.45, 7) is 1.21. The van der Waals surface area contributed by atoms with E-state index in [-0.39, 0.29) is 28.4 Å². The van der Waals surface area contributed by atoms with E-state index in [1.165, 1.54) is 6.07 Å². The first-order valence-corrected chi connectivity index (χ1v) is 12.7. The van der Waals surface area contributed by atoms with E-state index in [0.29, 0.717) is 40.6 Å². The van der Waals surface area contributed by atoms with Gasteiger partial charge in [-0.15, -0.1) is 0 Å². The number of nitrogens with zero attached hydrogens (tertiary/aromatic N) is 1. The van der Waals surface area contributed by atoms with Gasteiger partial charge in [-0.3, -0.25) is 14.5 Å². The Morgan fingerprint density at radius 2 is 1.94 bits per heavy atom. The van der Waals surface area contributed by atoms with Gasteiger partial charge in [0.1, 0.15) is 11.4 Å². The summed E-state index contributed by atoms with van der Waals surface area (Å²) in [5.74, 6) is -1.87. The van der Waals surface area contributed by atoms with Crippen LogP contribution in [0.2, 0.25) is 10.0 Å². The second-order valence-corrected chi connectivity index (χ2v) is 11.2. The molecule has 5 nitrogen and oxygen atoms in total. The van der Waals surface area contributed by atoms with Gasteiger partial charge >= 0.3 is 0 Å². The number of likely N-dealkylation sites (tertiary alicyclic amines) is 1. The molecule has 2 N–H and O–H groups in total. The fraction of sp³-hybridized carbons (Fsp3) is 0.417. The van der Waals surface area contributed by atoms with Gasteiger partial charge in [0.25, 0.3) is 0 Å². The average molecular weight is 553 g/mol. The molecule has 1 spiro atoms. The Bertz CT molecular complexity index is 1210. The Balaban J connectivity index is 1.66. The van der Waals surface area contributed by atoms with E-state index in [1.54, 1.807) is 18.2 Å². The van der Waals surface area contributed by atoms with Gasteiger partial charge in [0.15, 0.2) is 0 Å². The van der Waals surface area contributed by atoms with Crippen LogP contribution in [0.15, 0.2) is 34.8 Å². The second-order valence-electron chi connectivity index (χ2n) is 9.45. The molecule has 4 aliphatic rings. The van der Waals surface area contributed by atoms with Crippen LogP contribution in [0.4, 0.5) is 10.1 Å². The van der Waals surface area contributed by atoms with Gasteiger partial charge in [0.05, 0.1) is 10.9 Å². The van der Waals surface area contributed by atoms with Gasteiger partial charge in [-0.2, -0.15) is 0 Å². The van der Waals surface area contributed by atoms with Crippen molar-refractivity contribution in [3.8, 4) is 0 Å². The third-order valence-corrected chi connectivity index (χ3v) is 8.58. The fourth-order valence-electron chi connectivity index (χ4n) is 6.20.